The van der Waals surface area contributed by atoms with Gasteiger partial charge in [-0.05, 0) is 63.1 Å². The second-order valence-electron chi connectivity index (χ2n) is 8.40. The Bertz CT molecular complexity index is 864. The van der Waals surface area contributed by atoms with E-state index in [0.29, 0.717) is 17.3 Å². The minimum Gasteiger partial charge on any atom is -0.497 e. The van der Waals surface area contributed by atoms with Gasteiger partial charge in [0.1, 0.15) is 11.8 Å². The molecule has 0 aliphatic carbocycles. The van der Waals surface area contributed by atoms with Gasteiger partial charge in [0.25, 0.3) is 0 Å². The SMILES string of the molecule is COc1ccc(CSCC(=O)N(Cc2ccc(Cl)cc2)[C@@H](C)C(=O)NC(C)(C)C)cc1. The van der Waals surface area contributed by atoms with Gasteiger partial charge in [0.15, 0.2) is 0 Å². The molecular weight excluding hydrogens is 432 g/mol. The molecule has 31 heavy (non-hydrogen) atoms. The van der Waals surface area contributed by atoms with E-state index in [-0.39, 0.29) is 23.1 Å². The van der Waals surface area contributed by atoms with Crippen LogP contribution >= 0.6 is 23.4 Å². The van der Waals surface area contributed by atoms with E-state index in [4.69, 9.17) is 16.3 Å². The topological polar surface area (TPSA) is 58.6 Å². The van der Waals surface area contributed by atoms with E-state index < -0.39 is 6.04 Å². The van der Waals surface area contributed by atoms with Crippen LogP contribution in [-0.2, 0) is 21.9 Å². The Kier molecular flexibility index (Phi) is 9.26. The Morgan fingerprint density at radius 1 is 1.06 bits per heavy atom. The molecule has 2 amide bonds. The standard InChI is InChI=1S/C24H31ClN2O3S/c1-17(23(29)26-24(2,3)4)27(14-18-6-10-20(25)11-7-18)22(28)16-31-15-19-8-12-21(30-5)13-9-19/h6-13,17H,14-16H2,1-5H3,(H,26,29)/t17-/m0/s1. The van der Waals surface area contributed by atoms with Crippen molar-refractivity contribution < 1.29 is 14.3 Å². The zero-order chi connectivity index (χ0) is 23.0. The highest BCUT2D eigenvalue weighted by Crippen LogP contribution is 2.19. The van der Waals surface area contributed by atoms with E-state index in [9.17, 15) is 9.59 Å². The van der Waals surface area contributed by atoms with Crippen molar-refractivity contribution in [3.63, 3.8) is 0 Å². The van der Waals surface area contributed by atoms with Crippen LogP contribution in [0.25, 0.3) is 0 Å². The van der Waals surface area contributed by atoms with Crippen molar-refractivity contribution in [3.8, 4) is 5.75 Å². The summed E-state index contributed by atoms with van der Waals surface area (Å²) >= 11 is 7.51. The Hall–Kier alpha value is -2.18. The van der Waals surface area contributed by atoms with Crippen LogP contribution in [0.2, 0.25) is 5.02 Å². The smallest absolute Gasteiger partial charge is 0.242 e. The molecule has 5 nitrogen and oxygen atoms in total. The van der Waals surface area contributed by atoms with Crippen molar-refractivity contribution in [2.45, 2.75) is 51.6 Å². The predicted molar refractivity (Wildman–Crippen MR) is 129 cm³/mol. The van der Waals surface area contributed by atoms with Gasteiger partial charge in [-0.15, -0.1) is 11.8 Å². The largest absolute Gasteiger partial charge is 0.497 e. The lowest BCUT2D eigenvalue weighted by molar-refractivity contribution is -0.139. The Morgan fingerprint density at radius 2 is 1.65 bits per heavy atom. The van der Waals surface area contributed by atoms with Crippen LogP contribution in [0.4, 0.5) is 0 Å². The first-order chi connectivity index (χ1) is 14.6. The molecule has 0 spiro atoms. The van der Waals surface area contributed by atoms with Crippen LogP contribution in [0, 0.1) is 0 Å². The fourth-order valence-corrected chi connectivity index (χ4v) is 3.90. The zero-order valence-corrected chi connectivity index (χ0v) is 20.3. The number of carbonyl (C=O) groups is 2. The van der Waals surface area contributed by atoms with Crippen LogP contribution in [0.5, 0.6) is 5.75 Å². The highest BCUT2D eigenvalue weighted by atomic mass is 35.5. The first-order valence-electron chi connectivity index (χ1n) is 10.2. The summed E-state index contributed by atoms with van der Waals surface area (Å²) in [6.07, 6.45) is 0. The molecule has 0 fully saturated rings. The third-order valence-corrected chi connectivity index (χ3v) is 5.83. The van der Waals surface area contributed by atoms with Crippen molar-refractivity contribution in [1.82, 2.24) is 10.2 Å². The third kappa shape index (κ3) is 8.46. The highest BCUT2D eigenvalue weighted by molar-refractivity contribution is 7.99. The molecule has 0 heterocycles. The number of nitrogens with zero attached hydrogens (tertiary/aromatic N) is 1. The number of amides is 2. The molecule has 0 aromatic heterocycles. The van der Waals surface area contributed by atoms with E-state index in [2.05, 4.69) is 5.32 Å². The van der Waals surface area contributed by atoms with Gasteiger partial charge in [0, 0.05) is 22.9 Å². The van der Waals surface area contributed by atoms with Gasteiger partial charge < -0.3 is 15.0 Å². The molecule has 0 saturated heterocycles. The Balaban J connectivity index is 2.06. The van der Waals surface area contributed by atoms with Crippen LogP contribution in [-0.4, -0.2) is 41.2 Å². The summed E-state index contributed by atoms with van der Waals surface area (Å²) in [5.41, 5.74) is 1.67. The van der Waals surface area contributed by atoms with Crippen molar-refractivity contribution in [3.05, 3.63) is 64.7 Å². The third-order valence-electron chi connectivity index (χ3n) is 4.58. The van der Waals surface area contributed by atoms with E-state index in [1.165, 1.54) is 11.8 Å². The molecule has 1 atom stereocenters. The molecule has 7 heteroatoms. The lowest BCUT2D eigenvalue weighted by Crippen LogP contribution is -2.52. The predicted octanol–water partition coefficient (Wildman–Crippen LogP) is 4.91. The van der Waals surface area contributed by atoms with Crippen LogP contribution in [0.3, 0.4) is 0 Å². The molecule has 0 aliphatic heterocycles. The summed E-state index contributed by atoms with van der Waals surface area (Å²) in [6.45, 7) is 7.88. The van der Waals surface area contributed by atoms with Crippen molar-refractivity contribution in [1.29, 1.82) is 0 Å². The Morgan fingerprint density at radius 3 is 2.19 bits per heavy atom. The van der Waals surface area contributed by atoms with Crippen molar-refractivity contribution >= 4 is 35.2 Å². The highest BCUT2D eigenvalue weighted by Gasteiger charge is 2.28. The summed E-state index contributed by atoms with van der Waals surface area (Å²) in [6, 6.07) is 14.5. The lowest BCUT2D eigenvalue weighted by atomic mass is 10.1. The minimum atomic E-state index is -0.594. The quantitative estimate of drug-likeness (QED) is 0.575. The number of methoxy groups -OCH3 is 1. The van der Waals surface area contributed by atoms with Crippen LogP contribution in [0.15, 0.2) is 48.5 Å². The molecular formula is C24H31ClN2O3S. The van der Waals surface area contributed by atoms with Gasteiger partial charge in [-0.1, -0.05) is 35.9 Å². The number of rotatable bonds is 9. The van der Waals surface area contributed by atoms with E-state index in [1.807, 2.05) is 57.2 Å². The number of hydrogen-bond donors (Lipinski definition) is 1. The second kappa shape index (κ2) is 11.4. The van der Waals surface area contributed by atoms with E-state index in [0.717, 1.165) is 16.9 Å². The summed E-state index contributed by atoms with van der Waals surface area (Å²) in [5.74, 6) is 1.54. The minimum absolute atomic E-state index is 0.0787. The fourth-order valence-electron chi connectivity index (χ4n) is 2.90. The number of thioether (sulfide) groups is 1. The van der Waals surface area contributed by atoms with Gasteiger partial charge in [-0.2, -0.15) is 0 Å². The summed E-state index contributed by atoms with van der Waals surface area (Å²) in [4.78, 5) is 27.5. The Labute approximate surface area is 194 Å². The second-order valence-corrected chi connectivity index (χ2v) is 9.83. The summed E-state index contributed by atoms with van der Waals surface area (Å²) in [7, 11) is 1.63. The van der Waals surface area contributed by atoms with Gasteiger partial charge in [-0.25, -0.2) is 0 Å². The number of hydrogen-bond acceptors (Lipinski definition) is 4. The molecule has 0 saturated carbocycles. The van der Waals surface area contributed by atoms with Gasteiger partial charge >= 0.3 is 0 Å². The maximum atomic E-state index is 13.1. The number of benzene rings is 2. The number of nitrogens with one attached hydrogen (secondary N) is 1. The van der Waals surface area contributed by atoms with Crippen molar-refractivity contribution in [2.24, 2.45) is 0 Å². The van der Waals surface area contributed by atoms with Crippen LogP contribution in [0.1, 0.15) is 38.8 Å². The number of carbonyl (C=O) groups excluding carboxylic acids is 2. The molecule has 0 bridgehead atoms. The van der Waals surface area contributed by atoms with E-state index >= 15 is 0 Å². The molecule has 0 radical (unpaired) electrons. The maximum Gasteiger partial charge on any atom is 0.242 e. The molecule has 168 valence electrons. The average molecular weight is 463 g/mol. The molecule has 0 aliphatic rings. The first kappa shape index (κ1) is 25.1. The first-order valence-corrected chi connectivity index (χ1v) is 11.7. The number of ether oxygens (including phenoxy) is 1. The van der Waals surface area contributed by atoms with Gasteiger partial charge in [0.05, 0.1) is 12.9 Å². The van der Waals surface area contributed by atoms with Gasteiger partial charge in [0.2, 0.25) is 11.8 Å². The van der Waals surface area contributed by atoms with Gasteiger partial charge in [-0.3, -0.25) is 9.59 Å². The molecule has 0 unspecified atom stereocenters. The monoisotopic (exact) mass is 462 g/mol. The zero-order valence-electron chi connectivity index (χ0n) is 18.8. The number of halogens is 1. The maximum absolute atomic E-state index is 13.1. The molecule has 2 aromatic carbocycles. The van der Waals surface area contributed by atoms with E-state index in [1.54, 1.807) is 31.1 Å². The lowest BCUT2D eigenvalue weighted by Gasteiger charge is -2.31. The summed E-state index contributed by atoms with van der Waals surface area (Å²) < 4.78 is 5.18. The average Bonchev–Trinajstić information content (AvgIpc) is 2.72. The molecule has 2 rings (SSSR count). The van der Waals surface area contributed by atoms with Crippen molar-refractivity contribution in [2.75, 3.05) is 12.9 Å². The molecule has 2 aromatic rings. The summed E-state index contributed by atoms with van der Waals surface area (Å²) in [5, 5.41) is 3.60. The normalized spacial score (nSPS) is 12.2. The molecule has 1 N–H and O–H groups in total. The van der Waals surface area contributed by atoms with Crippen LogP contribution < -0.4 is 10.1 Å². The fraction of sp³-hybridized carbons (Fsp3) is 0.417.